The average molecular weight is 266 g/mol. The lowest BCUT2D eigenvalue weighted by Crippen LogP contribution is -2.21. The van der Waals surface area contributed by atoms with Crippen LogP contribution in [0.25, 0.3) is 0 Å². The van der Waals surface area contributed by atoms with Gasteiger partial charge in [-0.05, 0) is 6.07 Å². The standard InChI is InChI=1S/C8H5F3N2O5/c9-8(10,11)7(14)4-2-1-3-5(12(15)16)6(4)13(17)18/h1-3,7,14H. The van der Waals surface area contributed by atoms with Crippen molar-refractivity contribution in [1.82, 2.24) is 0 Å². The topological polar surface area (TPSA) is 107 Å². The summed E-state index contributed by atoms with van der Waals surface area (Å²) in [6.45, 7) is 0. The molecule has 0 aliphatic carbocycles. The van der Waals surface area contributed by atoms with E-state index in [1.165, 1.54) is 0 Å². The Morgan fingerprint density at radius 3 is 2.11 bits per heavy atom. The van der Waals surface area contributed by atoms with Gasteiger partial charge in [-0.1, -0.05) is 6.07 Å². The van der Waals surface area contributed by atoms with Gasteiger partial charge in [0.15, 0.2) is 6.10 Å². The first-order valence-electron chi connectivity index (χ1n) is 4.32. The molecule has 0 fully saturated rings. The maximum absolute atomic E-state index is 12.3. The number of para-hydroxylation sites is 1. The number of nitro benzene ring substituents is 2. The number of nitrogens with zero attached hydrogens (tertiary/aromatic N) is 2. The summed E-state index contributed by atoms with van der Waals surface area (Å²) in [6, 6.07) is 2.13. The van der Waals surface area contributed by atoms with Crippen molar-refractivity contribution in [2.75, 3.05) is 0 Å². The van der Waals surface area contributed by atoms with Crippen molar-refractivity contribution < 1.29 is 28.1 Å². The molecule has 1 N–H and O–H groups in total. The van der Waals surface area contributed by atoms with Crippen molar-refractivity contribution in [3.8, 4) is 0 Å². The highest BCUT2D eigenvalue weighted by Crippen LogP contribution is 2.40. The van der Waals surface area contributed by atoms with Gasteiger partial charge in [0, 0.05) is 6.07 Å². The van der Waals surface area contributed by atoms with Crippen LogP contribution in [0.5, 0.6) is 0 Å². The number of benzene rings is 1. The fraction of sp³-hybridized carbons (Fsp3) is 0.250. The molecule has 0 saturated heterocycles. The van der Waals surface area contributed by atoms with E-state index in [9.17, 15) is 33.4 Å². The third kappa shape index (κ3) is 2.53. The van der Waals surface area contributed by atoms with Crippen molar-refractivity contribution in [3.63, 3.8) is 0 Å². The minimum Gasteiger partial charge on any atom is -0.379 e. The number of alkyl halides is 3. The largest absolute Gasteiger partial charge is 0.418 e. The second kappa shape index (κ2) is 4.56. The lowest BCUT2D eigenvalue weighted by molar-refractivity contribution is -0.423. The van der Waals surface area contributed by atoms with Gasteiger partial charge >= 0.3 is 17.6 Å². The summed E-state index contributed by atoms with van der Waals surface area (Å²) >= 11 is 0. The number of halogens is 3. The zero-order chi connectivity index (χ0) is 14.1. The van der Waals surface area contributed by atoms with Gasteiger partial charge in [0.2, 0.25) is 0 Å². The molecule has 0 aromatic heterocycles. The van der Waals surface area contributed by atoms with E-state index in [0.29, 0.717) is 12.1 Å². The van der Waals surface area contributed by atoms with E-state index in [-0.39, 0.29) is 0 Å². The molecule has 0 spiro atoms. The summed E-state index contributed by atoms with van der Waals surface area (Å²) in [5, 5.41) is 30.0. The molecule has 1 atom stereocenters. The second-order valence-electron chi connectivity index (χ2n) is 3.17. The lowest BCUT2D eigenvalue weighted by Gasteiger charge is -2.14. The molecule has 98 valence electrons. The van der Waals surface area contributed by atoms with Gasteiger partial charge in [0.1, 0.15) is 0 Å². The van der Waals surface area contributed by atoms with Gasteiger partial charge in [0.25, 0.3) is 0 Å². The Bertz CT molecular complexity index is 502. The van der Waals surface area contributed by atoms with Crippen LogP contribution in [-0.2, 0) is 0 Å². The molecule has 0 radical (unpaired) electrons. The number of rotatable bonds is 3. The van der Waals surface area contributed by atoms with Crippen LogP contribution in [0.1, 0.15) is 11.7 Å². The molecule has 1 rings (SSSR count). The summed E-state index contributed by atoms with van der Waals surface area (Å²) in [7, 11) is 0. The van der Waals surface area contributed by atoms with Gasteiger partial charge in [-0.2, -0.15) is 13.2 Å². The van der Waals surface area contributed by atoms with Crippen LogP contribution >= 0.6 is 0 Å². The first kappa shape index (κ1) is 13.8. The molecular weight excluding hydrogens is 261 g/mol. The second-order valence-corrected chi connectivity index (χ2v) is 3.17. The van der Waals surface area contributed by atoms with Gasteiger partial charge < -0.3 is 5.11 Å². The van der Waals surface area contributed by atoms with E-state index in [1.54, 1.807) is 0 Å². The predicted molar refractivity (Wildman–Crippen MR) is 50.8 cm³/mol. The molecule has 0 amide bonds. The van der Waals surface area contributed by atoms with Crippen molar-refractivity contribution in [2.24, 2.45) is 0 Å². The molecule has 0 aliphatic heterocycles. The molecule has 10 heteroatoms. The highest BCUT2D eigenvalue weighted by Gasteiger charge is 2.45. The third-order valence-corrected chi connectivity index (χ3v) is 2.03. The van der Waals surface area contributed by atoms with Gasteiger partial charge in [-0.25, -0.2) is 0 Å². The SMILES string of the molecule is O=[N+]([O-])c1cccc(C(O)C(F)(F)F)c1[N+](=O)[O-]. The molecule has 0 aliphatic rings. The zero-order valence-corrected chi connectivity index (χ0v) is 8.42. The molecule has 18 heavy (non-hydrogen) atoms. The van der Waals surface area contributed by atoms with Crippen LogP contribution in [-0.4, -0.2) is 21.1 Å². The summed E-state index contributed by atoms with van der Waals surface area (Å²) in [6.07, 6.45) is -8.31. The Morgan fingerprint density at radius 2 is 1.72 bits per heavy atom. The van der Waals surface area contributed by atoms with Crippen molar-refractivity contribution in [3.05, 3.63) is 44.0 Å². The Kier molecular flexibility index (Phi) is 3.51. The van der Waals surface area contributed by atoms with Crippen molar-refractivity contribution in [1.29, 1.82) is 0 Å². The van der Waals surface area contributed by atoms with E-state index >= 15 is 0 Å². The molecule has 0 saturated carbocycles. The van der Waals surface area contributed by atoms with Crippen molar-refractivity contribution in [2.45, 2.75) is 12.3 Å². The van der Waals surface area contributed by atoms with Crippen LogP contribution in [0, 0.1) is 20.2 Å². The Morgan fingerprint density at radius 1 is 1.17 bits per heavy atom. The monoisotopic (exact) mass is 266 g/mol. The fourth-order valence-corrected chi connectivity index (χ4v) is 1.29. The number of aliphatic hydroxyl groups excluding tert-OH is 1. The molecule has 0 bridgehead atoms. The number of nitro groups is 2. The summed E-state index contributed by atoms with van der Waals surface area (Å²) in [4.78, 5) is 18.6. The molecular formula is C8H5F3N2O5. The average Bonchev–Trinajstić information content (AvgIpc) is 2.25. The third-order valence-electron chi connectivity index (χ3n) is 2.03. The summed E-state index contributed by atoms with van der Waals surface area (Å²) < 4.78 is 36.8. The predicted octanol–water partition coefficient (Wildman–Crippen LogP) is 2.10. The van der Waals surface area contributed by atoms with E-state index in [4.69, 9.17) is 5.11 Å². The Labute approximate surface area is 96.8 Å². The van der Waals surface area contributed by atoms with Crippen LogP contribution in [0.15, 0.2) is 18.2 Å². The minimum absolute atomic E-state index is 0.614. The van der Waals surface area contributed by atoms with Crippen LogP contribution in [0.4, 0.5) is 24.5 Å². The quantitative estimate of drug-likeness (QED) is 0.665. The van der Waals surface area contributed by atoms with Gasteiger partial charge in [-0.3, -0.25) is 20.2 Å². The number of aliphatic hydroxyl groups is 1. The Hall–Kier alpha value is -2.23. The fourth-order valence-electron chi connectivity index (χ4n) is 1.29. The molecule has 1 unspecified atom stereocenters. The highest BCUT2D eigenvalue weighted by atomic mass is 19.4. The first-order chi connectivity index (χ1) is 8.16. The number of hydrogen-bond acceptors (Lipinski definition) is 5. The van der Waals surface area contributed by atoms with E-state index in [0.717, 1.165) is 6.07 Å². The lowest BCUT2D eigenvalue weighted by atomic mass is 10.1. The van der Waals surface area contributed by atoms with Crippen LogP contribution in [0.2, 0.25) is 0 Å². The summed E-state index contributed by atoms with van der Waals surface area (Å²) in [5.41, 5.74) is -3.64. The Balaban J connectivity index is 3.50. The van der Waals surface area contributed by atoms with Gasteiger partial charge in [-0.15, -0.1) is 0 Å². The van der Waals surface area contributed by atoms with Gasteiger partial charge in [0.05, 0.1) is 15.4 Å². The van der Waals surface area contributed by atoms with E-state index < -0.39 is 39.1 Å². The smallest absolute Gasteiger partial charge is 0.379 e. The molecule has 1 aromatic carbocycles. The van der Waals surface area contributed by atoms with E-state index in [1.807, 2.05) is 0 Å². The minimum atomic E-state index is -5.15. The van der Waals surface area contributed by atoms with Crippen molar-refractivity contribution >= 4 is 11.4 Å². The molecule has 1 aromatic rings. The summed E-state index contributed by atoms with van der Waals surface area (Å²) in [5.74, 6) is 0. The normalized spacial score (nSPS) is 13.1. The molecule has 7 nitrogen and oxygen atoms in total. The maximum Gasteiger partial charge on any atom is 0.418 e. The highest BCUT2D eigenvalue weighted by molar-refractivity contribution is 5.58. The van der Waals surface area contributed by atoms with Crippen LogP contribution < -0.4 is 0 Å². The zero-order valence-electron chi connectivity index (χ0n) is 8.42. The maximum atomic E-state index is 12.3. The van der Waals surface area contributed by atoms with E-state index in [2.05, 4.69) is 0 Å². The number of hydrogen-bond donors (Lipinski definition) is 1. The first-order valence-corrected chi connectivity index (χ1v) is 4.32. The molecule has 0 heterocycles. The van der Waals surface area contributed by atoms with Crippen LogP contribution in [0.3, 0.4) is 0 Å².